The van der Waals surface area contributed by atoms with Crippen molar-refractivity contribution in [2.24, 2.45) is 0 Å². The van der Waals surface area contributed by atoms with Crippen molar-refractivity contribution in [3.05, 3.63) is 78.1 Å². The second-order valence-electron chi connectivity index (χ2n) is 5.47. The minimum absolute atomic E-state index is 0.0383. The molecule has 0 unspecified atom stereocenters. The number of hydrogen-bond donors (Lipinski definition) is 2. The van der Waals surface area contributed by atoms with Gasteiger partial charge in [-0.15, -0.1) is 0 Å². The van der Waals surface area contributed by atoms with Crippen LogP contribution in [0.4, 0.5) is 5.69 Å². The Hall–Kier alpha value is -4.36. The molecule has 1 heterocycles. The second-order valence-corrected chi connectivity index (χ2v) is 5.47. The van der Waals surface area contributed by atoms with Gasteiger partial charge in [0.15, 0.2) is 5.69 Å². The van der Waals surface area contributed by atoms with Crippen molar-refractivity contribution in [1.82, 2.24) is 9.78 Å². The highest BCUT2D eigenvalue weighted by Crippen LogP contribution is 2.25. The molecule has 0 fully saturated rings. The van der Waals surface area contributed by atoms with E-state index in [1.165, 1.54) is 12.3 Å². The lowest BCUT2D eigenvalue weighted by Gasteiger charge is -2.08. The summed E-state index contributed by atoms with van der Waals surface area (Å²) >= 11 is 0. The van der Waals surface area contributed by atoms with Crippen molar-refractivity contribution in [1.29, 1.82) is 10.5 Å². The first-order valence-corrected chi connectivity index (χ1v) is 7.88. The zero-order valence-corrected chi connectivity index (χ0v) is 14.0. The lowest BCUT2D eigenvalue weighted by atomic mass is 10.1. The summed E-state index contributed by atoms with van der Waals surface area (Å²) in [6.07, 6.45) is 1.32. The molecule has 0 aliphatic carbocycles. The van der Waals surface area contributed by atoms with Gasteiger partial charge in [0.05, 0.1) is 11.4 Å². The first kappa shape index (κ1) is 17.5. The predicted octanol–water partition coefficient (Wildman–Crippen LogP) is 3.58. The number of hydrogen-bond acceptors (Lipinski definition) is 5. The van der Waals surface area contributed by atoms with E-state index in [0.717, 1.165) is 5.56 Å². The van der Waals surface area contributed by atoms with E-state index in [9.17, 15) is 9.90 Å². The number of rotatable bonds is 5. The lowest BCUT2D eigenvalue weighted by molar-refractivity contribution is 0.0690. The van der Waals surface area contributed by atoms with Crippen molar-refractivity contribution in [2.45, 2.75) is 0 Å². The molecule has 0 aliphatic heterocycles. The molecular formula is C20H13N5O2. The Bertz CT molecular complexity index is 1070. The van der Waals surface area contributed by atoms with Crippen LogP contribution >= 0.6 is 0 Å². The van der Waals surface area contributed by atoms with Gasteiger partial charge in [-0.3, -0.25) is 0 Å². The summed E-state index contributed by atoms with van der Waals surface area (Å²) in [6.45, 7) is 0. The first-order chi connectivity index (χ1) is 13.1. The third-order valence-electron chi connectivity index (χ3n) is 3.73. The smallest absolute Gasteiger partial charge is 0.356 e. The van der Waals surface area contributed by atoms with Crippen molar-refractivity contribution >= 4 is 11.7 Å². The Balaban J connectivity index is 1.97. The number of nitrogens with zero attached hydrogens (tertiary/aromatic N) is 4. The molecule has 0 aliphatic rings. The maximum atomic E-state index is 11.3. The molecule has 3 aromatic rings. The van der Waals surface area contributed by atoms with Gasteiger partial charge < -0.3 is 10.4 Å². The number of aromatic nitrogens is 2. The van der Waals surface area contributed by atoms with E-state index >= 15 is 0 Å². The predicted molar refractivity (Wildman–Crippen MR) is 98.9 cm³/mol. The normalized spacial score (nSPS) is 9.70. The molecule has 7 heteroatoms. The molecule has 0 saturated carbocycles. The highest BCUT2D eigenvalue weighted by atomic mass is 16.4. The molecule has 7 nitrogen and oxygen atoms in total. The minimum atomic E-state index is -1.10. The highest BCUT2D eigenvalue weighted by molar-refractivity contribution is 5.87. The number of anilines is 1. The Morgan fingerprint density at radius 3 is 2.33 bits per heavy atom. The second kappa shape index (κ2) is 7.68. The van der Waals surface area contributed by atoms with Crippen molar-refractivity contribution in [3.8, 4) is 29.1 Å². The summed E-state index contributed by atoms with van der Waals surface area (Å²) in [7, 11) is 0. The number of carbonyl (C=O) groups is 1. The molecular weight excluding hydrogens is 342 g/mol. The Labute approximate surface area is 155 Å². The van der Waals surface area contributed by atoms with Crippen molar-refractivity contribution in [3.63, 3.8) is 0 Å². The summed E-state index contributed by atoms with van der Waals surface area (Å²) in [4.78, 5) is 11.3. The van der Waals surface area contributed by atoms with Crippen LogP contribution in [0.1, 0.15) is 10.5 Å². The topological polar surface area (TPSA) is 115 Å². The zero-order valence-electron chi connectivity index (χ0n) is 14.0. The Morgan fingerprint density at radius 2 is 1.74 bits per heavy atom. The first-order valence-electron chi connectivity index (χ1n) is 7.88. The molecule has 130 valence electrons. The number of aromatic carboxylic acids is 1. The number of benzene rings is 2. The van der Waals surface area contributed by atoms with Crippen LogP contribution in [0.15, 0.2) is 72.4 Å². The van der Waals surface area contributed by atoms with Gasteiger partial charge in [-0.05, 0) is 30.3 Å². The molecule has 2 N–H and O–H groups in total. The fourth-order valence-corrected chi connectivity index (χ4v) is 2.44. The average Bonchev–Trinajstić information content (AvgIpc) is 3.16. The van der Waals surface area contributed by atoms with Crippen LogP contribution in [0.2, 0.25) is 0 Å². The monoisotopic (exact) mass is 355 g/mol. The Morgan fingerprint density at radius 1 is 1.07 bits per heavy atom. The van der Waals surface area contributed by atoms with Crippen LogP contribution in [0, 0.1) is 22.7 Å². The molecule has 0 amide bonds. The van der Waals surface area contributed by atoms with Gasteiger partial charge in [0, 0.05) is 17.5 Å². The zero-order chi connectivity index (χ0) is 19.2. The fourth-order valence-electron chi connectivity index (χ4n) is 2.44. The lowest BCUT2D eigenvalue weighted by Crippen LogP contribution is -2.02. The summed E-state index contributed by atoms with van der Waals surface area (Å²) in [5.41, 5.74) is 2.76. The molecule has 0 radical (unpaired) electrons. The number of nitrogens with one attached hydrogen (secondary N) is 1. The number of allylic oxidation sites excluding steroid dienone is 1. The summed E-state index contributed by atoms with van der Waals surface area (Å²) in [6, 6.07) is 21.5. The van der Waals surface area contributed by atoms with Gasteiger partial charge in [0.2, 0.25) is 0 Å². The van der Waals surface area contributed by atoms with Crippen molar-refractivity contribution < 1.29 is 9.90 Å². The molecule has 0 bridgehead atoms. The summed E-state index contributed by atoms with van der Waals surface area (Å²) in [5, 5.41) is 33.8. The van der Waals surface area contributed by atoms with E-state index in [2.05, 4.69) is 10.4 Å². The van der Waals surface area contributed by atoms with E-state index in [0.29, 0.717) is 17.1 Å². The van der Waals surface area contributed by atoms with Crippen LogP contribution in [-0.2, 0) is 0 Å². The van der Waals surface area contributed by atoms with Crippen LogP contribution < -0.4 is 5.32 Å². The van der Waals surface area contributed by atoms with Gasteiger partial charge in [0.1, 0.15) is 17.7 Å². The van der Waals surface area contributed by atoms with Gasteiger partial charge >= 0.3 is 5.97 Å². The van der Waals surface area contributed by atoms with Gasteiger partial charge in [0.25, 0.3) is 0 Å². The molecule has 0 atom stereocenters. The van der Waals surface area contributed by atoms with E-state index < -0.39 is 5.97 Å². The molecule has 3 rings (SSSR count). The summed E-state index contributed by atoms with van der Waals surface area (Å²) in [5.74, 6) is -1.10. The van der Waals surface area contributed by atoms with Gasteiger partial charge in [-0.1, -0.05) is 30.3 Å². The molecule has 1 aromatic heterocycles. The van der Waals surface area contributed by atoms with Crippen molar-refractivity contribution in [2.75, 3.05) is 5.32 Å². The average molecular weight is 355 g/mol. The van der Waals surface area contributed by atoms with E-state index in [-0.39, 0.29) is 11.3 Å². The largest absolute Gasteiger partial charge is 0.476 e. The molecule has 27 heavy (non-hydrogen) atoms. The van der Waals surface area contributed by atoms with Crippen LogP contribution in [0.25, 0.3) is 16.9 Å². The maximum absolute atomic E-state index is 11.3. The maximum Gasteiger partial charge on any atom is 0.356 e. The third-order valence-corrected chi connectivity index (χ3v) is 3.73. The number of carboxylic acids is 1. The minimum Gasteiger partial charge on any atom is -0.476 e. The molecule has 0 spiro atoms. The van der Waals surface area contributed by atoms with E-state index in [4.69, 9.17) is 10.5 Å². The number of nitriles is 2. The molecule has 2 aromatic carbocycles. The van der Waals surface area contributed by atoms with Crippen LogP contribution in [0.3, 0.4) is 0 Å². The van der Waals surface area contributed by atoms with E-state index in [1.54, 1.807) is 41.1 Å². The van der Waals surface area contributed by atoms with Gasteiger partial charge in [-0.25, -0.2) is 9.48 Å². The van der Waals surface area contributed by atoms with Crippen LogP contribution in [-0.4, -0.2) is 20.9 Å². The van der Waals surface area contributed by atoms with Crippen LogP contribution in [0.5, 0.6) is 0 Å². The fraction of sp³-hybridized carbons (Fsp3) is 0. The number of carboxylic acid groups (broad SMARTS) is 1. The molecule has 0 saturated heterocycles. The standard InChI is InChI=1S/C20H13N5O2/c21-11-14(12-22)13-23-16-6-8-17(9-7-16)25-19(10-18(24-25)20(26)27)15-4-2-1-3-5-15/h1-10,13,23H,(H,26,27). The Kier molecular flexibility index (Phi) is 4.97. The SMILES string of the molecule is N#CC(C#N)=CNc1ccc(-n2nc(C(=O)O)cc2-c2ccccc2)cc1. The third kappa shape index (κ3) is 3.84. The van der Waals surface area contributed by atoms with Gasteiger partial charge in [-0.2, -0.15) is 15.6 Å². The van der Waals surface area contributed by atoms with E-state index in [1.807, 2.05) is 30.3 Å². The highest BCUT2D eigenvalue weighted by Gasteiger charge is 2.15. The quantitative estimate of drug-likeness (QED) is 0.676. The summed E-state index contributed by atoms with van der Waals surface area (Å²) < 4.78 is 1.56.